The van der Waals surface area contributed by atoms with Gasteiger partial charge in [0.05, 0.1) is 11.7 Å². The van der Waals surface area contributed by atoms with E-state index in [1.165, 1.54) is 18.3 Å². The average Bonchev–Trinajstić information content (AvgIpc) is 3.35. The van der Waals surface area contributed by atoms with Crippen LogP contribution in [0.4, 0.5) is 8.78 Å². The van der Waals surface area contributed by atoms with Crippen molar-refractivity contribution < 1.29 is 8.78 Å². The topological polar surface area (TPSA) is 51.3 Å². The summed E-state index contributed by atoms with van der Waals surface area (Å²) in [6.07, 6.45) is 3.87. The fraction of sp³-hybridized carbons (Fsp3) is 0.222. The van der Waals surface area contributed by atoms with Gasteiger partial charge in [0.15, 0.2) is 5.17 Å². The number of nitrogens with two attached hydrogens (primary N) is 1. The largest absolute Gasteiger partial charge is 0.379 e. The number of aromatic nitrogens is 1. The predicted octanol–water partition coefficient (Wildman–Crippen LogP) is 4.94. The number of halogens is 3. The van der Waals surface area contributed by atoms with Gasteiger partial charge in [-0.1, -0.05) is 17.8 Å². The van der Waals surface area contributed by atoms with Crippen molar-refractivity contribution in [1.82, 2.24) is 4.98 Å². The van der Waals surface area contributed by atoms with E-state index in [1.807, 2.05) is 0 Å². The van der Waals surface area contributed by atoms with Gasteiger partial charge in [-0.3, -0.25) is 9.98 Å². The maximum absolute atomic E-state index is 14.4. The Kier molecular flexibility index (Phi) is 4.37. The molecular formula is C18H14BrF2N3S. The third-order valence-electron chi connectivity index (χ3n) is 4.33. The average molecular weight is 422 g/mol. The summed E-state index contributed by atoms with van der Waals surface area (Å²) >= 11 is 4.82. The quantitative estimate of drug-likeness (QED) is 0.762. The second-order valence-corrected chi connectivity index (χ2v) is 8.28. The van der Waals surface area contributed by atoms with Gasteiger partial charge < -0.3 is 5.73 Å². The molecule has 0 saturated heterocycles. The molecule has 128 valence electrons. The van der Waals surface area contributed by atoms with Crippen molar-refractivity contribution >= 4 is 44.8 Å². The molecule has 1 aromatic heterocycles. The summed E-state index contributed by atoms with van der Waals surface area (Å²) in [6.45, 7) is 0. The molecule has 0 spiro atoms. The highest BCUT2D eigenvalue weighted by Crippen LogP contribution is 2.54. The number of pyridine rings is 1. The molecule has 0 radical (unpaired) electrons. The van der Waals surface area contributed by atoms with Gasteiger partial charge in [-0.15, -0.1) is 0 Å². The summed E-state index contributed by atoms with van der Waals surface area (Å²) in [7, 11) is 0. The number of hydrogen-bond donors (Lipinski definition) is 1. The highest BCUT2D eigenvalue weighted by Gasteiger charge is 2.48. The predicted molar refractivity (Wildman–Crippen MR) is 101 cm³/mol. The zero-order valence-electron chi connectivity index (χ0n) is 13.0. The number of amidine groups is 1. The molecule has 1 saturated carbocycles. The van der Waals surface area contributed by atoms with E-state index in [0.717, 1.165) is 10.9 Å². The molecule has 7 heteroatoms. The van der Waals surface area contributed by atoms with Crippen LogP contribution in [0.1, 0.15) is 29.3 Å². The molecule has 3 unspecified atom stereocenters. The van der Waals surface area contributed by atoms with Gasteiger partial charge in [-0.05, 0) is 64.2 Å². The summed E-state index contributed by atoms with van der Waals surface area (Å²) < 4.78 is 29.5. The molecule has 25 heavy (non-hydrogen) atoms. The van der Waals surface area contributed by atoms with E-state index < -0.39 is 5.83 Å². The van der Waals surface area contributed by atoms with Crippen LogP contribution in [0.25, 0.3) is 11.9 Å². The van der Waals surface area contributed by atoms with E-state index in [2.05, 4.69) is 25.9 Å². The van der Waals surface area contributed by atoms with Gasteiger partial charge in [-0.25, -0.2) is 8.78 Å². The number of nitrogens with zero attached hydrogens (tertiary/aromatic N) is 2. The van der Waals surface area contributed by atoms with Gasteiger partial charge in [0.1, 0.15) is 11.6 Å². The minimum absolute atomic E-state index is 0.229. The van der Waals surface area contributed by atoms with E-state index in [-0.39, 0.29) is 17.6 Å². The lowest BCUT2D eigenvalue weighted by atomic mass is 9.99. The standard InChI is InChI=1S/C18H14BrF2N3S/c19-10-2-4-15(23-8-10)14(21)6-9-1-3-13(20)11(5-9)17-12-7-16(12)25-18(22)24-17/h1-6,8,12,16-17H,7H2,(H2,22,24)/b14-6-. The Bertz CT molecular complexity index is 882. The first kappa shape index (κ1) is 16.7. The first-order valence-corrected chi connectivity index (χ1v) is 9.47. The summed E-state index contributed by atoms with van der Waals surface area (Å²) in [5.74, 6) is -0.501. The minimum Gasteiger partial charge on any atom is -0.379 e. The van der Waals surface area contributed by atoms with Crippen molar-refractivity contribution in [2.24, 2.45) is 16.6 Å². The van der Waals surface area contributed by atoms with Gasteiger partial charge in [0.2, 0.25) is 0 Å². The van der Waals surface area contributed by atoms with Gasteiger partial charge in [-0.2, -0.15) is 0 Å². The van der Waals surface area contributed by atoms with E-state index in [1.54, 1.807) is 36.0 Å². The van der Waals surface area contributed by atoms with Crippen LogP contribution in [0.5, 0.6) is 0 Å². The van der Waals surface area contributed by atoms with E-state index >= 15 is 0 Å². The number of aliphatic imine (C=N–C) groups is 1. The summed E-state index contributed by atoms with van der Waals surface area (Å²) in [4.78, 5) is 8.44. The normalized spacial score (nSPS) is 25.3. The van der Waals surface area contributed by atoms with E-state index in [9.17, 15) is 8.78 Å². The Labute approximate surface area is 156 Å². The van der Waals surface area contributed by atoms with Crippen molar-refractivity contribution in [2.45, 2.75) is 17.7 Å². The molecule has 1 aliphatic carbocycles. The van der Waals surface area contributed by atoms with Gasteiger partial charge >= 0.3 is 0 Å². The molecule has 2 aromatic rings. The summed E-state index contributed by atoms with van der Waals surface area (Å²) in [5.41, 5.74) is 7.12. The SMILES string of the molecule is NC1=NC(c2cc(/C=C(\F)c3ccc(Br)cn3)ccc2F)C2CC2S1. The van der Waals surface area contributed by atoms with Crippen LogP contribution >= 0.6 is 27.7 Å². The third kappa shape index (κ3) is 3.48. The molecule has 3 nitrogen and oxygen atoms in total. The molecule has 2 heterocycles. The summed E-state index contributed by atoms with van der Waals surface area (Å²) in [6, 6.07) is 7.57. The maximum atomic E-state index is 14.4. The first-order chi connectivity index (χ1) is 12.0. The Morgan fingerprint density at radius 3 is 2.92 bits per heavy atom. The van der Waals surface area contributed by atoms with Crippen molar-refractivity contribution in [3.05, 3.63) is 63.6 Å². The molecule has 2 aliphatic rings. The molecule has 4 rings (SSSR count). The number of benzene rings is 1. The smallest absolute Gasteiger partial charge is 0.154 e. The second kappa shape index (κ2) is 6.53. The fourth-order valence-electron chi connectivity index (χ4n) is 2.99. The highest BCUT2D eigenvalue weighted by molar-refractivity contribution is 9.10. The van der Waals surface area contributed by atoms with Crippen molar-refractivity contribution in [3.8, 4) is 0 Å². The van der Waals surface area contributed by atoms with Crippen molar-refractivity contribution in [3.63, 3.8) is 0 Å². The van der Waals surface area contributed by atoms with Crippen LogP contribution < -0.4 is 5.73 Å². The van der Waals surface area contributed by atoms with Crippen LogP contribution in [0, 0.1) is 11.7 Å². The number of fused-ring (bicyclic) bond motifs is 1. The van der Waals surface area contributed by atoms with E-state index in [0.29, 0.717) is 27.5 Å². The zero-order valence-corrected chi connectivity index (χ0v) is 15.4. The molecule has 0 amide bonds. The van der Waals surface area contributed by atoms with Crippen LogP contribution in [0.3, 0.4) is 0 Å². The molecule has 2 N–H and O–H groups in total. The number of rotatable bonds is 3. The zero-order chi connectivity index (χ0) is 17.6. The van der Waals surface area contributed by atoms with Gasteiger partial charge in [0.25, 0.3) is 0 Å². The highest BCUT2D eigenvalue weighted by atomic mass is 79.9. The van der Waals surface area contributed by atoms with Crippen LogP contribution in [0.15, 0.2) is 46.0 Å². The van der Waals surface area contributed by atoms with Crippen molar-refractivity contribution in [1.29, 1.82) is 0 Å². The Morgan fingerprint density at radius 2 is 2.16 bits per heavy atom. The molecular weight excluding hydrogens is 408 g/mol. The molecule has 3 atom stereocenters. The minimum atomic E-state index is -0.475. The number of thioether (sulfide) groups is 1. The van der Waals surface area contributed by atoms with Crippen LogP contribution in [-0.4, -0.2) is 15.4 Å². The molecule has 1 aromatic carbocycles. The first-order valence-electron chi connectivity index (χ1n) is 7.80. The fourth-order valence-corrected chi connectivity index (χ4v) is 4.35. The van der Waals surface area contributed by atoms with E-state index in [4.69, 9.17) is 5.73 Å². The lowest BCUT2D eigenvalue weighted by Crippen LogP contribution is -2.17. The van der Waals surface area contributed by atoms with Crippen molar-refractivity contribution in [2.75, 3.05) is 0 Å². The Morgan fingerprint density at radius 1 is 1.32 bits per heavy atom. The number of hydrogen-bond acceptors (Lipinski definition) is 4. The lowest BCUT2D eigenvalue weighted by molar-refractivity contribution is 0.555. The Hall–Kier alpha value is -1.73. The van der Waals surface area contributed by atoms with Crippen LogP contribution in [-0.2, 0) is 0 Å². The lowest BCUT2D eigenvalue weighted by Gasteiger charge is -2.19. The molecule has 1 aliphatic heterocycles. The maximum Gasteiger partial charge on any atom is 0.154 e. The summed E-state index contributed by atoms with van der Waals surface area (Å²) in [5, 5.41) is 0.916. The second-order valence-electron chi connectivity index (χ2n) is 6.10. The third-order valence-corrected chi connectivity index (χ3v) is 5.99. The van der Waals surface area contributed by atoms with Gasteiger partial charge in [0, 0.05) is 21.5 Å². The van der Waals surface area contributed by atoms with Crippen LogP contribution in [0.2, 0.25) is 0 Å². The molecule has 1 fully saturated rings. The monoisotopic (exact) mass is 421 g/mol. The molecule has 0 bridgehead atoms. The Balaban J connectivity index is 1.67.